The van der Waals surface area contributed by atoms with Crippen molar-refractivity contribution in [3.05, 3.63) is 65.0 Å². The Kier molecular flexibility index (Phi) is 3.19. The summed E-state index contributed by atoms with van der Waals surface area (Å²) in [6, 6.07) is 11.6. The molecule has 0 amide bonds. The van der Waals surface area contributed by atoms with Gasteiger partial charge in [-0.25, -0.2) is 0 Å². The van der Waals surface area contributed by atoms with Crippen LogP contribution in [0.15, 0.2) is 47.8 Å². The van der Waals surface area contributed by atoms with Crippen molar-refractivity contribution in [2.45, 2.75) is 13.8 Å². The van der Waals surface area contributed by atoms with E-state index in [0.29, 0.717) is 11.4 Å². The molecule has 0 radical (unpaired) electrons. The fraction of sp³-hybridized carbons (Fsp3) is 0.143. The number of pyridine rings is 1. The average molecular weight is 226 g/mol. The maximum absolute atomic E-state index is 9.20. The van der Waals surface area contributed by atoms with Crippen molar-refractivity contribution >= 4 is 5.71 Å². The molecule has 2 rings (SSSR count). The predicted octanol–water partition coefficient (Wildman–Crippen LogP) is 2.93. The molecule has 3 nitrogen and oxygen atoms in total. The van der Waals surface area contributed by atoms with Crippen molar-refractivity contribution in [3.63, 3.8) is 0 Å². The number of benzene rings is 1. The topological polar surface area (TPSA) is 45.5 Å². The zero-order valence-corrected chi connectivity index (χ0v) is 9.88. The van der Waals surface area contributed by atoms with Gasteiger partial charge in [0.05, 0.1) is 5.69 Å². The molecule has 1 N–H and O–H groups in total. The van der Waals surface area contributed by atoms with E-state index in [-0.39, 0.29) is 0 Å². The molecule has 2 aromatic rings. The first-order valence-corrected chi connectivity index (χ1v) is 5.43. The second-order valence-corrected chi connectivity index (χ2v) is 3.98. The summed E-state index contributed by atoms with van der Waals surface area (Å²) >= 11 is 0. The third-order valence-corrected chi connectivity index (χ3v) is 2.66. The van der Waals surface area contributed by atoms with Gasteiger partial charge in [-0.3, -0.25) is 4.98 Å². The molecule has 1 aromatic heterocycles. The number of aromatic nitrogens is 1. The van der Waals surface area contributed by atoms with E-state index in [2.05, 4.69) is 10.1 Å². The molecule has 0 bridgehead atoms. The highest BCUT2D eigenvalue weighted by Gasteiger charge is 2.11. The summed E-state index contributed by atoms with van der Waals surface area (Å²) in [5.74, 6) is 0. The average Bonchev–Trinajstić information content (AvgIpc) is 2.36. The Morgan fingerprint density at radius 1 is 1.18 bits per heavy atom. The zero-order valence-electron chi connectivity index (χ0n) is 9.88. The van der Waals surface area contributed by atoms with Gasteiger partial charge < -0.3 is 5.21 Å². The molecular weight excluding hydrogens is 212 g/mol. The number of rotatable bonds is 2. The van der Waals surface area contributed by atoms with Gasteiger partial charge in [0.2, 0.25) is 0 Å². The first-order chi connectivity index (χ1) is 8.22. The van der Waals surface area contributed by atoms with Crippen molar-refractivity contribution in [2.24, 2.45) is 5.16 Å². The maximum atomic E-state index is 9.20. The summed E-state index contributed by atoms with van der Waals surface area (Å²) in [6.45, 7) is 4.00. The van der Waals surface area contributed by atoms with E-state index in [1.165, 1.54) is 0 Å². The molecule has 0 aliphatic heterocycles. The minimum Gasteiger partial charge on any atom is -0.410 e. The first-order valence-electron chi connectivity index (χ1n) is 5.43. The number of hydrogen-bond donors (Lipinski definition) is 1. The van der Waals surface area contributed by atoms with Gasteiger partial charge >= 0.3 is 0 Å². The number of nitrogens with zero attached hydrogens (tertiary/aromatic N) is 2. The highest BCUT2D eigenvalue weighted by molar-refractivity contribution is 6.12. The highest BCUT2D eigenvalue weighted by Crippen LogP contribution is 2.15. The van der Waals surface area contributed by atoms with Gasteiger partial charge in [0.15, 0.2) is 0 Å². The Labute approximate surface area is 100 Å². The van der Waals surface area contributed by atoms with Gasteiger partial charge in [-0.05, 0) is 37.6 Å². The molecule has 1 aromatic carbocycles. The van der Waals surface area contributed by atoms with E-state index in [0.717, 1.165) is 16.7 Å². The molecule has 3 heteroatoms. The SMILES string of the molecule is Cc1ccc(C)c(/C(=N/O)c2ccccn2)c1. The molecule has 0 atom stereocenters. The summed E-state index contributed by atoms with van der Waals surface area (Å²) in [7, 11) is 0. The zero-order chi connectivity index (χ0) is 12.3. The lowest BCUT2D eigenvalue weighted by Crippen LogP contribution is -2.07. The molecule has 0 saturated heterocycles. The van der Waals surface area contributed by atoms with Gasteiger partial charge in [0, 0.05) is 11.8 Å². The van der Waals surface area contributed by atoms with Crippen LogP contribution in [0.2, 0.25) is 0 Å². The Morgan fingerprint density at radius 3 is 2.65 bits per heavy atom. The lowest BCUT2D eigenvalue weighted by Gasteiger charge is -2.08. The Morgan fingerprint density at radius 2 is 2.00 bits per heavy atom. The van der Waals surface area contributed by atoms with Crippen molar-refractivity contribution in [2.75, 3.05) is 0 Å². The number of hydrogen-bond acceptors (Lipinski definition) is 3. The molecule has 0 saturated carbocycles. The van der Waals surface area contributed by atoms with E-state index in [1.807, 2.05) is 50.2 Å². The van der Waals surface area contributed by atoms with Crippen LogP contribution in [0, 0.1) is 13.8 Å². The summed E-state index contributed by atoms with van der Waals surface area (Å²) in [5, 5.41) is 12.6. The van der Waals surface area contributed by atoms with Crippen LogP contribution in [0.1, 0.15) is 22.4 Å². The molecule has 0 unspecified atom stereocenters. The lowest BCUT2D eigenvalue weighted by atomic mass is 9.99. The lowest BCUT2D eigenvalue weighted by molar-refractivity contribution is 0.319. The van der Waals surface area contributed by atoms with Crippen LogP contribution in [0.3, 0.4) is 0 Å². The smallest absolute Gasteiger partial charge is 0.135 e. The Bertz CT molecular complexity index is 547. The van der Waals surface area contributed by atoms with E-state index in [9.17, 15) is 5.21 Å². The van der Waals surface area contributed by atoms with Crippen LogP contribution in [0.5, 0.6) is 0 Å². The van der Waals surface area contributed by atoms with Crippen LogP contribution < -0.4 is 0 Å². The van der Waals surface area contributed by atoms with Crippen LogP contribution >= 0.6 is 0 Å². The fourth-order valence-electron chi connectivity index (χ4n) is 1.74. The normalized spacial score (nSPS) is 11.5. The largest absolute Gasteiger partial charge is 0.410 e. The maximum Gasteiger partial charge on any atom is 0.135 e. The van der Waals surface area contributed by atoms with Gasteiger partial charge in [0.25, 0.3) is 0 Å². The Hall–Kier alpha value is -2.16. The van der Waals surface area contributed by atoms with E-state index in [4.69, 9.17) is 0 Å². The summed E-state index contributed by atoms with van der Waals surface area (Å²) in [4.78, 5) is 4.21. The van der Waals surface area contributed by atoms with Crippen molar-refractivity contribution in [1.82, 2.24) is 4.98 Å². The van der Waals surface area contributed by atoms with Crippen LogP contribution in [-0.4, -0.2) is 15.9 Å². The molecule has 0 aliphatic rings. The van der Waals surface area contributed by atoms with E-state index in [1.54, 1.807) is 6.20 Å². The van der Waals surface area contributed by atoms with Gasteiger partial charge in [-0.15, -0.1) is 0 Å². The van der Waals surface area contributed by atoms with Crippen LogP contribution in [-0.2, 0) is 0 Å². The third-order valence-electron chi connectivity index (χ3n) is 2.66. The fourth-order valence-corrected chi connectivity index (χ4v) is 1.74. The summed E-state index contributed by atoms with van der Waals surface area (Å²) in [6.07, 6.45) is 1.69. The monoisotopic (exact) mass is 226 g/mol. The quantitative estimate of drug-likeness (QED) is 0.486. The Balaban J connectivity index is 2.54. The van der Waals surface area contributed by atoms with Crippen molar-refractivity contribution in [1.29, 1.82) is 0 Å². The molecule has 0 aliphatic carbocycles. The van der Waals surface area contributed by atoms with Crippen LogP contribution in [0.25, 0.3) is 0 Å². The third kappa shape index (κ3) is 2.33. The first kappa shape index (κ1) is 11.3. The standard InChI is InChI=1S/C14H14N2O/c1-10-6-7-11(2)12(9-10)14(16-17)13-5-3-4-8-15-13/h3-9,17H,1-2H3/b16-14-. The predicted molar refractivity (Wildman–Crippen MR) is 67.6 cm³/mol. The van der Waals surface area contributed by atoms with Crippen molar-refractivity contribution in [3.8, 4) is 0 Å². The second-order valence-electron chi connectivity index (χ2n) is 3.98. The van der Waals surface area contributed by atoms with E-state index < -0.39 is 0 Å². The second kappa shape index (κ2) is 4.78. The number of aryl methyl sites for hydroxylation is 2. The molecule has 1 heterocycles. The summed E-state index contributed by atoms with van der Waals surface area (Å²) in [5.41, 5.74) is 4.28. The van der Waals surface area contributed by atoms with Crippen LogP contribution in [0.4, 0.5) is 0 Å². The van der Waals surface area contributed by atoms with Gasteiger partial charge in [0.1, 0.15) is 5.71 Å². The van der Waals surface area contributed by atoms with E-state index >= 15 is 0 Å². The minimum absolute atomic E-state index is 0.506. The summed E-state index contributed by atoms with van der Waals surface area (Å²) < 4.78 is 0. The highest BCUT2D eigenvalue weighted by atomic mass is 16.4. The van der Waals surface area contributed by atoms with Crippen molar-refractivity contribution < 1.29 is 5.21 Å². The molecule has 86 valence electrons. The molecule has 17 heavy (non-hydrogen) atoms. The minimum atomic E-state index is 0.506. The molecular formula is C14H14N2O. The van der Waals surface area contributed by atoms with Gasteiger partial charge in [-0.1, -0.05) is 28.9 Å². The number of oxime groups is 1. The molecule has 0 spiro atoms. The van der Waals surface area contributed by atoms with Gasteiger partial charge in [-0.2, -0.15) is 0 Å². The molecule has 0 fully saturated rings.